The Bertz CT molecular complexity index is 777. The first kappa shape index (κ1) is 16.5. The highest BCUT2D eigenvalue weighted by molar-refractivity contribution is 9.10. The zero-order valence-corrected chi connectivity index (χ0v) is 14.8. The van der Waals surface area contributed by atoms with Crippen molar-refractivity contribution in [2.45, 2.75) is 12.8 Å². The van der Waals surface area contributed by atoms with Gasteiger partial charge >= 0.3 is 0 Å². The van der Waals surface area contributed by atoms with Gasteiger partial charge in [-0.2, -0.15) is 0 Å². The molecule has 1 aromatic heterocycles. The van der Waals surface area contributed by atoms with Crippen LogP contribution in [0.3, 0.4) is 0 Å². The molecule has 5 heteroatoms. The van der Waals surface area contributed by atoms with E-state index in [1.807, 2.05) is 36.4 Å². The van der Waals surface area contributed by atoms with Crippen molar-refractivity contribution in [3.05, 3.63) is 77.0 Å². The molecule has 0 amide bonds. The van der Waals surface area contributed by atoms with Gasteiger partial charge in [-0.25, -0.2) is 9.97 Å². The monoisotopic (exact) mass is 382 g/mol. The molecule has 0 unspecified atom stereocenters. The normalized spacial score (nSPS) is 10.4. The van der Waals surface area contributed by atoms with Gasteiger partial charge in [0.1, 0.15) is 18.0 Å². The lowest BCUT2D eigenvalue weighted by Gasteiger charge is -2.10. The molecule has 0 saturated carbocycles. The van der Waals surface area contributed by atoms with Gasteiger partial charge in [0, 0.05) is 17.1 Å². The van der Waals surface area contributed by atoms with Crippen LogP contribution < -0.4 is 10.6 Å². The van der Waals surface area contributed by atoms with E-state index in [1.54, 1.807) is 6.33 Å². The van der Waals surface area contributed by atoms with E-state index in [-0.39, 0.29) is 0 Å². The summed E-state index contributed by atoms with van der Waals surface area (Å²) in [6.07, 6.45) is 3.68. The van der Waals surface area contributed by atoms with E-state index in [4.69, 9.17) is 0 Å². The summed E-state index contributed by atoms with van der Waals surface area (Å²) < 4.78 is 1.00. The summed E-state index contributed by atoms with van der Waals surface area (Å²) in [5.74, 6) is 1.59. The van der Waals surface area contributed by atoms with Crippen molar-refractivity contribution in [3.63, 3.8) is 0 Å². The molecule has 0 aliphatic rings. The molecule has 24 heavy (non-hydrogen) atoms. The van der Waals surface area contributed by atoms with Crippen molar-refractivity contribution in [3.8, 4) is 0 Å². The fourth-order valence-electron chi connectivity index (χ4n) is 2.38. The Morgan fingerprint density at radius 3 is 2.46 bits per heavy atom. The Morgan fingerprint density at radius 2 is 1.62 bits per heavy atom. The summed E-state index contributed by atoms with van der Waals surface area (Å²) in [4.78, 5) is 8.54. The molecule has 4 nitrogen and oxygen atoms in total. The van der Waals surface area contributed by atoms with Gasteiger partial charge in [0.05, 0.1) is 5.69 Å². The second-order valence-corrected chi connectivity index (χ2v) is 6.26. The largest absolute Gasteiger partial charge is 0.370 e. The summed E-state index contributed by atoms with van der Waals surface area (Å²) >= 11 is 3.52. The number of para-hydroxylation sites is 1. The third-order valence-electron chi connectivity index (χ3n) is 3.59. The van der Waals surface area contributed by atoms with Crippen LogP contribution in [-0.2, 0) is 6.42 Å². The van der Waals surface area contributed by atoms with E-state index < -0.39 is 0 Å². The molecule has 2 N–H and O–H groups in total. The highest BCUT2D eigenvalue weighted by atomic mass is 79.9. The Morgan fingerprint density at radius 1 is 0.875 bits per heavy atom. The number of halogens is 1. The molecular weight excluding hydrogens is 364 g/mol. The third kappa shape index (κ3) is 4.80. The second kappa shape index (κ2) is 8.45. The number of nitrogens with one attached hydrogen (secondary N) is 2. The fourth-order valence-corrected chi connectivity index (χ4v) is 2.76. The summed E-state index contributed by atoms with van der Waals surface area (Å²) in [5, 5.41) is 6.64. The maximum Gasteiger partial charge on any atom is 0.135 e. The zero-order valence-electron chi connectivity index (χ0n) is 13.2. The van der Waals surface area contributed by atoms with Crippen LogP contribution in [-0.4, -0.2) is 16.5 Å². The summed E-state index contributed by atoms with van der Waals surface area (Å²) in [6.45, 7) is 0.875. The van der Waals surface area contributed by atoms with Gasteiger partial charge in [-0.15, -0.1) is 0 Å². The maximum atomic E-state index is 4.27. The number of aryl methyl sites for hydroxylation is 1. The standard InChI is InChI=1S/C19H19BrN4/c20-16-10-4-5-11-17(16)24-19-13-18(22-14-23-19)21-12-6-9-15-7-2-1-3-8-15/h1-5,7-8,10-11,13-14H,6,9,12H2,(H2,21,22,23,24). The van der Waals surface area contributed by atoms with E-state index in [1.165, 1.54) is 5.56 Å². The number of hydrogen-bond acceptors (Lipinski definition) is 4. The van der Waals surface area contributed by atoms with Gasteiger partial charge in [-0.05, 0) is 46.5 Å². The van der Waals surface area contributed by atoms with Gasteiger partial charge < -0.3 is 10.6 Å². The summed E-state index contributed by atoms with van der Waals surface area (Å²) in [5.41, 5.74) is 2.34. The SMILES string of the molecule is Brc1ccccc1Nc1cc(NCCCc2ccccc2)ncn1. The first-order chi connectivity index (χ1) is 11.8. The van der Waals surface area contributed by atoms with Crippen molar-refractivity contribution in [1.82, 2.24) is 9.97 Å². The van der Waals surface area contributed by atoms with E-state index in [9.17, 15) is 0 Å². The van der Waals surface area contributed by atoms with E-state index in [2.05, 4.69) is 60.8 Å². The average molecular weight is 383 g/mol. The molecule has 0 radical (unpaired) electrons. The lowest BCUT2D eigenvalue weighted by molar-refractivity contribution is 0.858. The van der Waals surface area contributed by atoms with Crippen LogP contribution in [0.1, 0.15) is 12.0 Å². The minimum absolute atomic E-state index is 0.766. The predicted molar refractivity (Wildman–Crippen MR) is 103 cm³/mol. The maximum absolute atomic E-state index is 4.27. The first-order valence-electron chi connectivity index (χ1n) is 7.93. The van der Waals surface area contributed by atoms with Crippen LogP contribution in [0.15, 0.2) is 71.5 Å². The number of benzene rings is 2. The minimum atomic E-state index is 0.766. The molecule has 3 rings (SSSR count). The Labute approximate surface area is 150 Å². The van der Waals surface area contributed by atoms with Gasteiger partial charge in [0.25, 0.3) is 0 Å². The van der Waals surface area contributed by atoms with Crippen LogP contribution in [0.2, 0.25) is 0 Å². The van der Waals surface area contributed by atoms with Crippen molar-refractivity contribution in [1.29, 1.82) is 0 Å². The molecule has 0 aliphatic heterocycles. The quantitative estimate of drug-likeness (QED) is 0.562. The second-order valence-electron chi connectivity index (χ2n) is 5.41. The van der Waals surface area contributed by atoms with E-state index in [0.717, 1.165) is 41.2 Å². The summed E-state index contributed by atoms with van der Waals surface area (Å²) in [6, 6.07) is 20.4. The van der Waals surface area contributed by atoms with Gasteiger partial charge in [0.15, 0.2) is 0 Å². The summed E-state index contributed by atoms with van der Waals surface area (Å²) in [7, 11) is 0. The van der Waals surface area contributed by atoms with Crippen molar-refractivity contribution in [2.75, 3.05) is 17.2 Å². The van der Waals surface area contributed by atoms with Crippen LogP contribution in [0.25, 0.3) is 0 Å². The van der Waals surface area contributed by atoms with Gasteiger partial charge in [-0.3, -0.25) is 0 Å². The third-order valence-corrected chi connectivity index (χ3v) is 4.29. The molecule has 3 aromatic rings. The molecule has 0 aliphatic carbocycles. The lowest BCUT2D eigenvalue weighted by Crippen LogP contribution is -2.05. The average Bonchev–Trinajstić information content (AvgIpc) is 2.62. The van der Waals surface area contributed by atoms with Crippen molar-refractivity contribution < 1.29 is 0 Å². The van der Waals surface area contributed by atoms with Crippen LogP contribution in [0, 0.1) is 0 Å². The Hall–Kier alpha value is -2.40. The van der Waals surface area contributed by atoms with E-state index in [0.29, 0.717) is 0 Å². The van der Waals surface area contributed by atoms with Gasteiger partial charge in [-0.1, -0.05) is 42.5 Å². The number of nitrogens with zero attached hydrogens (tertiary/aromatic N) is 2. The molecule has 0 fully saturated rings. The Kier molecular flexibility index (Phi) is 5.80. The molecule has 122 valence electrons. The first-order valence-corrected chi connectivity index (χ1v) is 8.72. The Balaban J connectivity index is 1.53. The van der Waals surface area contributed by atoms with Crippen LogP contribution in [0.5, 0.6) is 0 Å². The topological polar surface area (TPSA) is 49.8 Å². The molecule has 0 atom stereocenters. The van der Waals surface area contributed by atoms with Crippen LogP contribution in [0.4, 0.5) is 17.3 Å². The molecule has 0 saturated heterocycles. The lowest BCUT2D eigenvalue weighted by atomic mass is 10.1. The minimum Gasteiger partial charge on any atom is -0.370 e. The zero-order chi connectivity index (χ0) is 16.6. The van der Waals surface area contributed by atoms with Gasteiger partial charge in [0.2, 0.25) is 0 Å². The number of anilines is 3. The van der Waals surface area contributed by atoms with Crippen LogP contribution >= 0.6 is 15.9 Å². The highest BCUT2D eigenvalue weighted by Gasteiger charge is 2.02. The number of aromatic nitrogens is 2. The number of hydrogen-bond donors (Lipinski definition) is 2. The molecule has 0 spiro atoms. The highest BCUT2D eigenvalue weighted by Crippen LogP contribution is 2.24. The smallest absolute Gasteiger partial charge is 0.135 e. The molecule has 1 heterocycles. The fraction of sp³-hybridized carbons (Fsp3) is 0.158. The number of rotatable bonds is 7. The predicted octanol–water partition coefficient (Wildman–Crippen LogP) is 5.03. The van der Waals surface area contributed by atoms with E-state index >= 15 is 0 Å². The molecular formula is C19H19BrN4. The van der Waals surface area contributed by atoms with Crippen molar-refractivity contribution in [2.24, 2.45) is 0 Å². The molecule has 2 aromatic carbocycles. The van der Waals surface area contributed by atoms with Crippen molar-refractivity contribution >= 4 is 33.3 Å². The molecule has 0 bridgehead atoms.